The number of aromatic nitrogens is 2. The molecule has 1 aliphatic carbocycles. The summed E-state index contributed by atoms with van der Waals surface area (Å²) < 4.78 is 1.58. The van der Waals surface area contributed by atoms with Gasteiger partial charge in [0.2, 0.25) is 23.0 Å². The molecule has 0 radical (unpaired) electrons. The molecule has 1 aromatic rings. The van der Waals surface area contributed by atoms with E-state index in [4.69, 9.17) is 5.11 Å². The molecule has 0 saturated heterocycles. The molecule has 6 nitrogen and oxygen atoms in total. The van der Waals surface area contributed by atoms with E-state index in [0.717, 1.165) is 0 Å². The maximum Gasteiger partial charge on any atom is 0.286 e. The topological polar surface area (TPSA) is 86.2 Å². The van der Waals surface area contributed by atoms with Gasteiger partial charge in [-0.3, -0.25) is 9.59 Å². The third-order valence-electron chi connectivity index (χ3n) is 2.68. The van der Waals surface area contributed by atoms with E-state index in [9.17, 15) is 14.8 Å². The zero-order valence-corrected chi connectivity index (χ0v) is 8.85. The van der Waals surface area contributed by atoms with Crippen molar-refractivity contribution in [2.24, 2.45) is 7.05 Å². The molecule has 16 heavy (non-hydrogen) atoms. The number of carbonyl (C=O) groups excluding carboxylic acids is 2. The van der Waals surface area contributed by atoms with Crippen LogP contribution in [0.15, 0.2) is 11.6 Å². The quantitative estimate of drug-likeness (QED) is 0.511. The average molecular weight is 222 g/mol. The number of fused-ring (bicyclic) bond motifs is 1. The van der Waals surface area contributed by atoms with Crippen LogP contribution in [0.2, 0.25) is 0 Å². The Morgan fingerprint density at radius 3 is 2.69 bits per heavy atom. The van der Waals surface area contributed by atoms with E-state index in [-0.39, 0.29) is 28.6 Å². The molecule has 0 aliphatic heterocycles. The lowest BCUT2D eigenvalue weighted by atomic mass is 9.99. The number of aliphatic hydroxyl groups is 1. The summed E-state index contributed by atoms with van der Waals surface area (Å²) in [6.45, 7) is 0.960. The smallest absolute Gasteiger partial charge is 0.286 e. The molecular formula is C10H10N2O4. The molecule has 0 aromatic carbocycles. The molecule has 1 aromatic heterocycles. The number of allylic oxidation sites excluding steroid dienone is 2. The first-order chi connectivity index (χ1) is 7.49. The van der Waals surface area contributed by atoms with Crippen LogP contribution in [-0.2, 0) is 13.7 Å². The Kier molecular flexibility index (Phi) is 2.16. The van der Waals surface area contributed by atoms with Crippen LogP contribution in [0, 0.1) is 5.21 Å². The Hall–Kier alpha value is -1.95. The number of Topliss-reactive ketones (excluding diaryl/α,β-unsaturated/α-hetero) is 1. The molecule has 84 valence electrons. The maximum atomic E-state index is 11.7. The first kappa shape index (κ1) is 10.6. The molecule has 1 aliphatic rings. The normalized spacial score (nSPS) is 15.1. The van der Waals surface area contributed by atoms with Crippen molar-refractivity contribution < 1.29 is 19.4 Å². The van der Waals surface area contributed by atoms with Crippen molar-refractivity contribution in [1.82, 2.24) is 4.57 Å². The van der Waals surface area contributed by atoms with Gasteiger partial charge in [0, 0.05) is 5.57 Å². The van der Waals surface area contributed by atoms with E-state index in [0.29, 0.717) is 4.73 Å². The zero-order chi connectivity index (χ0) is 12.0. The van der Waals surface area contributed by atoms with Crippen LogP contribution < -0.4 is 4.73 Å². The van der Waals surface area contributed by atoms with Crippen LogP contribution in [0.1, 0.15) is 33.7 Å². The van der Waals surface area contributed by atoms with Crippen LogP contribution in [0.4, 0.5) is 0 Å². The molecule has 6 heteroatoms. The van der Waals surface area contributed by atoms with Gasteiger partial charge in [-0.2, -0.15) is 0 Å². The highest BCUT2D eigenvalue weighted by atomic mass is 16.5. The van der Waals surface area contributed by atoms with E-state index in [1.54, 1.807) is 0 Å². The minimum atomic E-state index is -0.521. The zero-order valence-electron chi connectivity index (χ0n) is 8.85. The Bertz CT molecular complexity index is 540. The Morgan fingerprint density at radius 1 is 1.50 bits per heavy atom. The van der Waals surface area contributed by atoms with Gasteiger partial charge in [0.1, 0.15) is 6.61 Å². The molecule has 0 spiro atoms. The molecule has 1 heterocycles. The third kappa shape index (κ3) is 1.13. The predicted octanol–water partition coefficient (Wildman–Crippen LogP) is -0.524. The van der Waals surface area contributed by atoms with E-state index in [1.807, 2.05) is 0 Å². The molecule has 0 saturated carbocycles. The molecule has 0 bridgehead atoms. The molecule has 0 fully saturated rings. The van der Waals surface area contributed by atoms with Gasteiger partial charge < -0.3 is 10.3 Å². The average Bonchev–Trinajstić information content (AvgIpc) is 2.47. The second-order valence-electron chi connectivity index (χ2n) is 3.65. The minimum absolute atomic E-state index is 0.0187. The lowest BCUT2D eigenvalue weighted by Crippen LogP contribution is -2.38. The summed E-state index contributed by atoms with van der Waals surface area (Å²) in [5, 5.41) is 20.7. The lowest BCUT2D eigenvalue weighted by Gasteiger charge is -2.07. The first-order valence-corrected chi connectivity index (χ1v) is 4.68. The van der Waals surface area contributed by atoms with Crippen molar-refractivity contribution in [3.8, 4) is 0 Å². The van der Waals surface area contributed by atoms with Crippen molar-refractivity contribution in [3.05, 3.63) is 34.1 Å². The number of hydrogen-bond acceptors (Lipinski definition) is 4. The fraction of sp³-hybridized carbons (Fsp3) is 0.300. The minimum Gasteiger partial charge on any atom is -0.710 e. The molecule has 0 amide bonds. The summed E-state index contributed by atoms with van der Waals surface area (Å²) in [6.07, 6.45) is 1.20. The summed E-state index contributed by atoms with van der Waals surface area (Å²) >= 11 is 0. The number of nitrogens with zero attached hydrogens (tertiary/aromatic N) is 2. The fourth-order valence-electron chi connectivity index (χ4n) is 1.82. The van der Waals surface area contributed by atoms with Gasteiger partial charge in [-0.05, 0) is 13.0 Å². The standard InChI is InChI=1S/C10H10N2O4/c1-5-3-6(14)8-9(10(5)15)12(16)7(4-13)11(8)2/h3,13H,4H2,1-2H3. The third-order valence-corrected chi connectivity index (χ3v) is 2.68. The number of hydrogen-bond donors (Lipinski definition) is 1. The van der Waals surface area contributed by atoms with Gasteiger partial charge in [-0.25, -0.2) is 9.30 Å². The number of rotatable bonds is 1. The largest absolute Gasteiger partial charge is 0.710 e. The number of ketones is 2. The Labute approximate surface area is 91.0 Å². The van der Waals surface area contributed by atoms with Crippen LogP contribution in [0.5, 0.6) is 0 Å². The number of carbonyl (C=O) groups is 2. The molecule has 1 N–H and O–H groups in total. The van der Waals surface area contributed by atoms with E-state index >= 15 is 0 Å². The van der Waals surface area contributed by atoms with Crippen LogP contribution in [0.3, 0.4) is 0 Å². The van der Waals surface area contributed by atoms with Crippen molar-refractivity contribution in [2.45, 2.75) is 13.5 Å². The highest BCUT2D eigenvalue weighted by molar-refractivity contribution is 6.22. The number of imidazole rings is 1. The van der Waals surface area contributed by atoms with Gasteiger partial charge in [0.25, 0.3) is 5.82 Å². The molecule has 2 rings (SSSR count). The van der Waals surface area contributed by atoms with Crippen molar-refractivity contribution >= 4 is 11.6 Å². The van der Waals surface area contributed by atoms with Crippen molar-refractivity contribution in [3.63, 3.8) is 0 Å². The molecular weight excluding hydrogens is 212 g/mol. The van der Waals surface area contributed by atoms with Crippen LogP contribution in [0.25, 0.3) is 0 Å². The monoisotopic (exact) mass is 222 g/mol. The van der Waals surface area contributed by atoms with E-state index < -0.39 is 12.4 Å². The Balaban J connectivity index is 2.80. The second kappa shape index (κ2) is 3.28. The summed E-state index contributed by atoms with van der Waals surface area (Å²) in [7, 11) is 1.47. The highest BCUT2D eigenvalue weighted by Crippen LogP contribution is 2.19. The summed E-state index contributed by atoms with van der Waals surface area (Å²) in [4.78, 5) is 23.4. The van der Waals surface area contributed by atoms with E-state index in [1.165, 1.54) is 24.6 Å². The highest BCUT2D eigenvalue weighted by Gasteiger charge is 2.37. The summed E-state index contributed by atoms with van der Waals surface area (Å²) in [6, 6.07) is 0. The van der Waals surface area contributed by atoms with Gasteiger partial charge in [-0.15, -0.1) is 0 Å². The van der Waals surface area contributed by atoms with E-state index in [2.05, 4.69) is 0 Å². The molecule has 0 unspecified atom stereocenters. The first-order valence-electron chi connectivity index (χ1n) is 4.68. The van der Waals surface area contributed by atoms with Crippen LogP contribution >= 0.6 is 0 Å². The van der Waals surface area contributed by atoms with Gasteiger partial charge in [0.15, 0.2) is 0 Å². The van der Waals surface area contributed by atoms with Gasteiger partial charge in [0.05, 0.1) is 7.05 Å². The maximum absolute atomic E-state index is 11.7. The summed E-state index contributed by atoms with van der Waals surface area (Å²) in [5.41, 5.74) is 0.0726. The van der Waals surface area contributed by atoms with Crippen molar-refractivity contribution in [1.29, 1.82) is 0 Å². The van der Waals surface area contributed by atoms with Gasteiger partial charge >= 0.3 is 0 Å². The summed E-state index contributed by atoms with van der Waals surface area (Å²) in [5.74, 6) is -0.881. The number of aliphatic hydroxyl groups excluding tert-OH is 1. The predicted molar refractivity (Wildman–Crippen MR) is 52.7 cm³/mol. The molecule has 0 atom stereocenters. The van der Waals surface area contributed by atoms with Crippen LogP contribution in [-0.4, -0.2) is 21.2 Å². The van der Waals surface area contributed by atoms with Gasteiger partial charge in [-0.1, -0.05) is 0 Å². The second-order valence-corrected chi connectivity index (χ2v) is 3.65. The Morgan fingerprint density at radius 2 is 2.12 bits per heavy atom. The lowest BCUT2D eigenvalue weighted by molar-refractivity contribution is -0.618. The fourth-order valence-corrected chi connectivity index (χ4v) is 1.82. The van der Waals surface area contributed by atoms with Crippen molar-refractivity contribution in [2.75, 3.05) is 0 Å². The SMILES string of the molecule is CC1=CC(=O)c2c([n+]([O-])c(CO)n2C)C1=O.